The normalized spacial score (nSPS) is 16.5. The molecule has 1 aliphatic carbocycles. The van der Waals surface area contributed by atoms with Crippen LogP contribution in [-0.2, 0) is 11.2 Å². The number of aliphatic imine (C=N–C) groups is 1. The Bertz CT molecular complexity index is 530. The minimum atomic E-state index is 0. The topological polar surface area (TPSA) is 65.5 Å². The standard InChI is InChI=1S/C19H32N4OS.HI/c1-15(13-17-9-6-12-25-17)14-22-19(20-2)21-11-10-18(24)23-16-7-4-3-5-8-16;/h6,9,12,15-16H,3-5,7-8,10-11,13-14H2,1-2H3,(H,23,24)(H2,20,21,22);1H. The molecule has 1 aromatic heterocycles. The fraction of sp³-hybridized carbons (Fsp3) is 0.684. The van der Waals surface area contributed by atoms with Crippen molar-refractivity contribution in [1.29, 1.82) is 0 Å². The number of nitrogens with zero attached hydrogens (tertiary/aromatic N) is 1. The first-order chi connectivity index (χ1) is 12.2. The zero-order valence-electron chi connectivity index (χ0n) is 15.9. The van der Waals surface area contributed by atoms with E-state index in [9.17, 15) is 4.79 Å². The first-order valence-electron chi connectivity index (χ1n) is 9.43. The molecule has 1 aromatic rings. The molecule has 1 atom stereocenters. The molecule has 1 heterocycles. The highest BCUT2D eigenvalue weighted by molar-refractivity contribution is 14.0. The summed E-state index contributed by atoms with van der Waals surface area (Å²) in [6.07, 6.45) is 7.61. The smallest absolute Gasteiger partial charge is 0.221 e. The van der Waals surface area contributed by atoms with Gasteiger partial charge in [-0.1, -0.05) is 32.3 Å². The predicted molar refractivity (Wildman–Crippen MR) is 122 cm³/mol. The molecule has 0 radical (unpaired) electrons. The molecule has 0 spiro atoms. The minimum Gasteiger partial charge on any atom is -0.356 e. The van der Waals surface area contributed by atoms with Gasteiger partial charge in [0.15, 0.2) is 5.96 Å². The number of carbonyl (C=O) groups excluding carboxylic acids is 1. The Morgan fingerprint density at radius 2 is 2.08 bits per heavy atom. The Labute approximate surface area is 178 Å². The van der Waals surface area contributed by atoms with Gasteiger partial charge in [0.1, 0.15) is 0 Å². The molecule has 1 unspecified atom stereocenters. The van der Waals surface area contributed by atoms with Crippen LogP contribution in [0.25, 0.3) is 0 Å². The number of rotatable bonds is 8. The Morgan fingerprint density at radius 1 is 1.31 bits per heavy atom. The number of thiophene rings is 1. The molecule has 2 rings (SSSR count). The molecule has 0 aromatic carbocycles. The Balaban J connectivity index is 0.00000338. The van der Waals surface area contributed by atoms with Gasteiger partial charge in [-0.25, -0.2) is 0 Å². The van der Waals surface area contributed by atoms with Crippen LogP contribution in [0, 0.1) is 5.92 Å². The summed E-state index contributed by atoms with van der Waals surface area (Å²) in [7, 11) is 1.77. The molecule has 0 saturated heterocycles. The fourth-order valence-corrected chi connectivity index (χ4v) is 4.05. The summed E-state index contributed by atoms with van der Waals surface area (Å²) in [5, 5.41) is 11.8. The Morgan fingerprint density at radius 3 is 2.73 bits per heavy atom. The number of hydrogen-bond acceptors (Lipinski definition) is 3. The third kappa shape index (κ3) is 9.21. The van der Waals surface area contributed by atoms with Gasteiger partial charge in [-0.3, -0.25) is 9.79 Å². The molecule has 1 fully saturated rings. The fourth-order valence-electron chi connectivity index (χ4n) is 3.18. The average molecular weight is 492 g/mol. The number of nitrogens with one attached hydrogen (secondary N) is 3. The molecular formula is C19H33IN4OS. The van der Waals surface area contributed by atoms with Crippen LogP contribution in [0.4, 0.5) is 0 Å². The summed E-state index contributed by atoms with van der Waals surface area (Å²) in [5.74, 6) is 1.44. The maximum absolute atomic E-state index is 12.0. The van der Waals surface area contributed by atoms with Gasteiger partial charge in [-0.05, 0) is 36.6 Å². The second-order valence-electron chi connectivity index (χ2n) is 6.92. The molecule has 1 amide bonds. The van der Waals surface area contributed by atoms with Crippen LogP contribution in [0.15, 0.2) is 22.5 Å². The molecule has 1 saturated carbocycles. The van der Waals surface area contributed by atoms with E-state index in [4.69, 9.17) is 0 Å². The Hall–Kier alpha value is -0.830. The van der Waals surface area contributed by atoms with E-state index in [2.05, 4.69) is 45.4 Å². The van der Waals surface area contributed by atoms with E-state index in [-0.39, 0.29) is 29.9 Å². The highest BCUT2D eigenvalue weighted by Crippen LogP contribution is 2.17. The van der Waals surface area contributed by atoms with Crippen molar-refractivity contribution in [3.05, 3.63) is 22.4 Å². The highest BCUT2D eigenvalue weighted by Gasteiger charge is 2.15. The van der Waals surface area contributed by atoms with Crippen molar-refractivity contribution < 1.29 is 4.79 Å². The molecule has 1 aliphatic rings. The van der Waals surface area contributed by atoms with Crippen LogP contribution >= 0.6 is 35.3 Å². The first kappa shape index (κ1) is 23.2. The maximum Gasteiger partial charge on any atom is 0.221 e. The van der Waals surface area contributed by atoms with Gasteiger partial charge >= 0.3 is 0 Å². The second kappa shape index (κ2) is 13.4. The summed E-state index contributed by atoms with van der Waals surface area (Å²) in [5.41, 5.74) is 0. The predicted octanol–water partition coefficient (Wildman–Crippen LogP) is 3.55. The monoisotopic (exact) mass is 492 g/mol. The van der Waals surface area contributed by atoms with Gasteiger partial charge < -0.3 is 16.0 Å². The summed E-state index contributed by atoms with van der Waals surface area (Å²) < 4.78 is 0. The minimum absolute atomic E-state index is 0. The third-order valence-electron chi connectivity index (χ3n) is 4.59. The highest BCUT2D eigenvalue weighted by atomic mass is 127. The van der Waals surface area contributed by atoms with Crippen molar-refractivity contribution in [3.63, 3.8) is 0 Å². The number of guanidine groups is 1. The molecule has 26 heavy (non-hydrogen) atoms. The maximum atomic E-state index is 12.0. The summed E-state index contributed by atoms with van der Waals surface area (Å²) in [6, 6.07) is 4.66. The number of hydrogen-bond donors (Lipinski definition) is 3. The average Bonchev–Trinajstić information content (AvgIpc) is 3.11. The van der Waals surface area contributed by atoms with E-state index < -0.39 is 0 Å². The lowest BCUT2D eigenvalue weighted by Gasteiger charge is -2.22. The van der Waals surface area contributed by atoms with Crippen molar-refractivity contribution in [2.45, 2.75) is 57.9 Å². The number of halogens is 1. The molecule has 0 bridgehead atoms. The lowest BCUT2D eigenvalue weighted by Crippen LogP contribution is -2.42. The zero-order valence-corrected chi connectivity index (χ0v) is 19.1. The molecular weight excluding hydrogens is 459 g/mol. The third-order valence-corrected chi connectivity index (χ3v) is 5.48. The second-order valence-corrected chi connectivity index (χ2v) is 7.95. The first-order valence-corrected chi connectivity index (χ1v) is 10.3. The molecule has 3 N–H and O–H groups in total. The zero-order chi connectivity index (χ0) is 17.9. The van der Waals surface area contributed by atoms with E-state index in [0.29, 0.717) is 24.9 Å². The van der Waals surface area contributed by atoms with Crippen LogP contribution in [0.3, 0.4) is 0 Å². The molecule has 7 heteroatoms. The van der Waals surface area contributed by atoms with E-state index >= 15 is 0 Å². The van der Waals surface area contributed by atoms with Gasteiger partial charge in [0, 0.05) is 37.5 Å². The molecule has 5 nitrogen and oxygen atoms in total. The van der Waals surface area contributed by atoms with Gasteiger partial charge in [0.2, 0.25) is 5.91 Å². The summed E-state index contributed by atoms with van der Waals surface area (Å²) >= 11 is 1.80. The largest absolute Gasteiger partial charge is 0.356 e. The summed E-state index contributed by atoms with van der Waals surface area (Å²) in [4.78, 5) is 17.7. The van der Waals surface area contributed by atoms with Crippen molar-refractivity contribution >= 4 is 47.2 Å². The van der Waals surface area contributed by atoms with Crippen molar-refractivity contribution in [2.24, 2.45) is 10.9 Å². The number of amides is 1. The van der Waals surface area contributed by atoms with E-state index in [0.717, 1.165) is 31.8 Å². The quantitative estimate of drug-likeness (QED) is 0.296. The van der Waals surface area contributed by atoms with Crippen LogP contribution in [0.1, 0.15) is 50.3 Å². The van der Waals surface area contributed by atoms with Crippen LogP contribution < -0.4 is 16.0 Å². The van der Waals surface area contributed by atoms with Crippen LogP contribution in [0.2, 0.25) is 0 Å². The van der Waals surface area contributed by atoms with Gasteiger partial charge in [-0.15, -0.1) is 35.3 Å². The van der Waals surface area contributed by atoms with Crippen molar-refractivity contribution in [3.8, 4) is 0 Å². The van der Waals surface area contributed by atoms with Gasteiger partial charge in [0.05, 0.1) is 0 Å². The van der Waals surface area contributed by atoms with Gasteiger partial charge in [0.25, 0.3) is 0 Å². The number of carbonyl (C=O) groups is 1. The molecule has 0 aliphatic heterocycles. The lowest BCUT2D eigenvalue weighted by molar-refractivity contribution is -0.121. The van der Waals surface area contributed by atoms with Gasteiger partial charge in [-0.2, -0.15) is 0 Å². The summed E-state index contributed by atoms with van der Waals surface area (Å²) in [6.45, 7) is 3.71. The molecule has 148 valence electrons. The lowest BCUT2D eigenvalue weighted by atomic mass is 9.95. The van der Waals surface area contributed by atoms with Crippen molar-refractivity contribution in [2.75, 3.05) is 20.1 Å². The van der Waals surface area contributed by atoms with E-state index in [1.165, 1.54) is 24.1 Å². The van der Waals surface area contributed by atoms with E-state index in [1.807, 2.05) is 0 Å². The van der Waals surface area contributed by atoms with Crippen LogP contribution in [-0.4, -0.2) is 38.0 Å². The van der Waals surface area contributed by atoms with Crippen LogP contribution in [0.5, 0.6) is 0 Å². The Kier molecular flexibility index (Phi) is 11.9. The SMILES string of the molecule is CN=C(NCCC(=O)NC1CCCCC1)NCC(C)Cc1cccs1.I. The van der Waals surface area contributed by atoms with E-state index in [1.54, 1.807) is 18.4 Å². The van der Waals surface area contributed by atoms with Crippen molar-refractivity contribution in [1.82, 2.24) is 16.0 Å².